The number of rotatable bonds is 6. The van der Waals surface area contributed by atoms with Crippen LogP contribution in [-0.2, 0) is 11.2 Å². The number of amides is 1. The maximum atomic E-state index is 13.7. The lowest BCUT2D eigenvalue weighted by atomic mass is 10.1. The molecule has 1 amide bonds. The molecular formula is C18H16F3N5OS. The molecule has 1 atom stereocenters. The lowest BCUT2D eigenvalue weighted by Gasteiger charge is -2.12. The third-order valence-electron chi connectivity index (χ3n) is 3.85. The second-order valence-electron chi connectivity index (χ2n) is 5.95. The van der Waals surface area contributed by atoms with Gasteiger partial charge in [-0.15, -0.1) is 10.2 Å². The van der Waals surface area contributed by atoms with Gasteiger partial charge in [-0.2, -0.15) is 0 Å². The minimum absolute atomic E-state index is 0.120. The van der Waals surface area contributed by atoms with Gasteiger partial charge >= 0.3 is 0 Å². The third kappa shape index (κ3) is 4.63. The molecule has 0 fully saturated rings. The number of nitrogens with one attached hydrogen (secondary N) is 1. The molecule has 2 aromatic carbocycles. The van der Waals surface area contributed by atoms with Crippen molar-refractivity contribution in [1.29, 1.82) is 0 Å². The standard InChI is InChI=1S/C18H16F3N5OS/c1-10(17(27)23-15-7-6-13(20)9-14(15)21)28-18-25-24-16(26(18)22)8-11-2-4-12(19)5-3-11/h2-7,9-10H,8,22H2,1H3,(H,23,27)/t10-/m1/s1. The van der Waals surface area contributed by atoms with Crippen LogP contribution in [0.15, 0.2) is 47.6 Å². The predicted octanol–water partition coefficient (Wildman–Crippen LogP) is 3.12. The molecule has 6 nitrogen and oxygen atoms in total. The maximum absolute atomic E-state index is 13.7. The highest BCUT2D eigenvalue weighted by Crippen LogP contribution is 2.23. The van der Waals surface area contributed by atoms with E-state index in [0.29, 0.717) is 23.5 Å². The highest BCUT2D eigenvalue weighted by Gasteiger charge is 2.20. The summed E-state index contributed by atoms with van der Waals surface area (Å²) in [6.07, 6.45) is 0.339. The van der Waals surface area contributed by atoms with Crippen molar-refractivity contribution in [3.63, 3.8) is 0 Å². The molecule has 1 heterocycles. The summed E-state index contributed by atoms with van der Waals surface area (Å²) in [4.78, 5) is 12.3. The van der Waals surface area contributed by atoms with Crippen molar-refractivity contribution in [2.45, 2.75) is 23.8 Å². The monoisotopic (exact) mass is 407 g/mol. The van der Waals surface area contributed by atoms with Crippen LogP contribution < -0.4 is 11.2 Å². The second kappa shape index (κ2) is 8.34. The molecule has 10 heteroatoms. The second-order valence-corrected chi connectivity index (χ2v) is 7.25. The van der Waals surface area contributed by atoms with Crippen LogP contribution in [0.5, 0.6) is 0 Å². The van der Waals surface area contributed by atoms with E-state index in [0.717, 1.165) is 29.5 Å². The number of nitrogens with two attached hydrogens (primary N) is 1. The Kier molecular flexibility index (Phi) is 5.88. The van der Waals surface area contributed by atoms with E-state index in [1.165, 1.54) is 16.8 Å². The molecule has 0 radical (unpaired) electrons. The fraction of sp³-hybridized carbons (Fsp3) is 0.167. The number of nitrogens with zero attached hydrogens (tertiary/aromatic N) is 3. The Morgan fingerprint density at radius 3 is 2.50 bits per heavy atom. The number of thioether (sulfide) groups is 1. The molecule has 3 rings (SSSR count). The summed E-state index contributed by atoms with van der Waals surface area (Å²) in [7, 11) is 0. The number of hydrogen-bond acceptors (Lipinski definition) is 5. The quantitative estimate of drug-likeness (QED) is 0.484. The summed E-state index contributed by atoms with van der Waals surface area (Å²) in [5, 5.41) is 9.97. The molecule has 3 aromatic rings. The number of carbonyl (C=O) groups excluding carboxylic acids is 1. The highest BCUT2D eigenvalue weighted by atomic mass is 32.2. The predicted molar refractivity (Wildman–Crippen MR) is 99.7 cm³/mol. The van der Waals surface area contributed by atoms with Gasteiger partial charge in [0.25, 0.3) is 0 Å². The van der Waals surface area contributed by atoms with Crippen molar-refractivity contribution in [2.75, 3.05) is 11.2 Å². The zero-order valence-corrected chi connectivity index (χ0v) is 15.5. The van der Waals surface area contributed by atoms with E-state index < -0.39 is 22.8 Å². The van der Waals surface area contributed by atoms with Crippen LogP contribution in [-0.4, -0.2) is 26.0 Å². The molecule has 0 saturated heterocycles. The van der Waals surface area contributed by atoms with Gasteiger partial charge < -0.3 is 11.2 Å². The van der Waals surface area contributed by atoms with E-state index in [4.69, 9.17) is 5.84 Å². The number of anilines is 1. The third-order valence-corrected chi connectivity index (χ3v) is 4.91. The molecular weight excluding hydrogens is 391 g/mol. The number of halogens is 3. The van der Waals surface area contributed by atoms with Crippen molar-refractivity contribution in [2.24, 2.45) is 0 Å². The van der Waals surface area contributed by atoms with Crippen molar-refractivity contribution in [1.82, 2.24) is 14.9 Å². The van der Waals surface area contributed by atoms with Crippen molar-refractivity contribution in [3.8, 4) is 0 Å². The average Bonchev–Trinajstić information content (AvgIpc) is 2.99. The number of nitrogen functional groups attached to an aromatic ring is 1. The van der Waals surface area contributed by atoms with Gasteiger partial charge in [0.15, 0.2) is 5.82 Å². The summed E-state index contributed by atoms with van der Waals surface area (Å²) in [5.41, 5.74) is 0.680. The molecule has 0 bridgehead atoms. The van der Waals surface area contributed by atoms with Gasteiger partial charge in [-0.3, -0.25) is 4.79 Å². The van der Waals surface area contributed by atoms with E-state index in [9.17, 15) is 18.0 Å². The van der Waals surface area contributed by atoms with Gasteiger partial charge in [0.2, 0.25) is 11.1 Å². The minimum atomic E-state index is -0.867. The number of carbonyl (C=O) groups is 1. The maximum Gasteiger partial charge on any atom is 0.237 e. The Hall–Kier alpha value is -3.01. The Morgan fingerprint density at radius 1 is 1.14 bits per heavy atom. The van der Waals surface area contributed by atoms with E-state index in [1.807, 2.05) is 0 Å². The fourth-order valence-electron chi connectivity index (χ4n) is 2.33. The lowest BCUT2D eigenvalue weighted by Crippen LogP contribution is -2.24. The minimum Gasteiger partial charge on any atom is -0.336 e. The molecule has 0 spiro atoms. The average molecular weight is 407 g/mol. The van der Waals surface area contributed by atoms with Crippen LogP contribution in [0.25, 0.3) is 0 Å². The zero-order valence-electron chi connectivity index (χ0n) is 14.7. The summed E-state index contributed by atoms with van der Waals surface area (Å²) < 4.78 is 40.8. The van der Waals surface area contributed by atoms with Gasteiger partial charge in [0, 0.05) is 12.5 Å². The molecule has 28 heavy (non-hydrogen) atoms. The van der Waals surface area contributed by atoms with Crippen molar-refractivity contribution in [3.05, 3.63) is 71.3 Å². The van der Waals surface area contributed by atoms with Gasteiger partial charge in [-0.05, 0) is 36.8 Å². The molecule has 0 unspecified atom stereocenters. The van der Waals surface area contributed by atoms with E-state index in [1.54, 1.807) is 19.1 Å². The topological polar surface area (TPSA) is 85.8 Å². The molecule has 0 saturated carbocycles. The first-order chi connectivity index (χ1) is 13.3. The Balaban J connectivity index is 1.65. The van der Waals surface area contributed by atoms with Gasteiger partial charge in [0.05, 0.1) is 10.9 Å². The summed E-state index contributed by atoms with van der Waals surface area (Å²) in [6, 6.07) is 8.79. The first kappa shape index (κ1) is 19.7. The lowest BCUT2D eigenvalue weighted by molar-refractivity contribution is -0.115. The summed E-state index contributed by atoms with van der Waals surface area (Å²) in [5.74, 6) is 3.98. The van der Waals surface area contributed by atoms with E-state index >= 15 is 0 Å². The van der Waals surface area contributed by atoms with Crippen LogP contribution in [0, 0.1) is 17.5 Å². The van der Waals surface area contributed by atoms with Gasteiger partial charge in [-0.25, -0.2) is 17.8 Å². The molecule has 146 valence electrons. The molecule has 0 aliphatic carbocycles. The molecule has 0 aliphatic heterocycles. The molecule has 1 aromatic heterocycles. The van der Waals surface area contributed by atoms with Gasteiger partial charge in [-0.1, -0.05) is 23.9 Å². The Labute approximate surface area is 162 Å². The van der Waals surface area contributed by atoms with E-state index in [2.05, 4.69) is 15.5 Å². The van der Waals surface area contributed by atoms with Crippen LogP contribution in [0.2, 0.25) is 0 Å². The first-order valence-electron chi connectivity index (χ1n) is 8.20. The summed E-state index contributed by atoms with van der Waals surface area (Å²) >= 11 is 1.04. The van der Waals surface area contributed by atoms with Crippen LogP contribution in [0.1, 0.15) is 18.3 Å². The summed E-state index contributed by atoms with van der Waals surface area (Å²) in [6.45, 7) is 1.59. The van der Waals surface area contributed by atoms with Crippen molar-refractivity contribution < 1.29 is 18.0 Å². The normalized spacial score (nSPS) is 12.0. The molecule has 0 aliphatic rings. The van der Waals surface area contributed by atoms with Gasteiger partial charge in [0.1, 0.15) is 17.5 Å². The fourth-order valence-corrected chi connectivity index (χ4v) is 3.12. The molecule has 3 N–H and O–H groups in total. The van der Waals surface area contributed by atoms with Crippen LogP contribution >= 0.6 is 11.8 Å². The largest absolute Gasteiger partial charge is 0.336 e. The highest BCUT2D eigenvalue weighted by molar-refractivity contribution is 8.00. The Morgan fingerprint density at radius 2 is 1.82 bits per heavy atom. The van der Waals surface area contributed by atoms with Crippen molar-refractivity contribution >= 4 is 23.4 Å². The van der Waals surface area contributed by atoms with Crippen LogP contribution in [0.4, 0.5) is 18.9 Å². The Bertz CT molecular complexity index is 993. The zero-order chi connectivity index (χ0) is 20.3. The SMILES string of the molecule is C[C@@H](Sc1nnc(Cc2ccc(F)cc2)n1N)C(=O)Nc1ccc(F)cc1F. The van der Waals surface area contributed by atoms with Crippen LogP contribution in [0.3, 0.4) is 0 Å². The first-order valence-corrected chi connectivity index (χ1v) is 9.08. The smallest absolute Gasteiger partial charge is 0.237 e. The number of aromatic nitrogens is 3. The number of hydrogen-bond donors (Lipinski definition) is 2. The van der Waals surface area contributed by atoms with E-state index in [-0.39, 0.29) is 11.5 Å². The number of benzene rings is 2.